The molecule has 3 rings (SSSR count). The fourth-order valence-electron chi connectivity index (χ4n) is 2.86. The molecule has 0 radical (unpaired) electrons. The normalized spacial score (nSPS) is 26.1. The van der Waals surface area contributed by atoms with Crippen molar-refractivity contribution in [2.45, 2.75) is 24.7 Å². The molecule has 0 aromatic carbocycles. The second kappa shape index (κ2) is 4.11. The number of anilines is 1. The summed E-state index contributed by atoms with van der Waals surface area (Å²) in [5, 5.41) is 0. The highest BCUT2D eigenvalue weighted by molar-refractivity contribution is 5.53. The van der Waals surface area contributed by atoms with Crippen molar-refractivity contribution >= 4 is 12.2 Å². The Hall–Kier alpha value is -1.79. The van der Waals surface area contributed by atoms with Gasteiger partial charge in [0.2, 0.25) is 6.41 Å². The van der Waals surface area contributed by atoms with Crippen LogP contribution in [0.2, 0.25) is 0 Å². The zero-order valence-corrected chi connectivity index (χ0v) is 9.97. The van der Waals surface area contributed by atoms with Crippen LogP contribution in [0.3, 0.4) is 0 Å². The molecule has 0 saturated carbocycles. The number of amides is 1. The average Bonchev–Trinajstić information content (AvgIpc) is 2.97. The molecule has 2 aliphatic rings. The molecule has 19 heavy (non-hydrogen) atoms. The van der Waals surface area contributed by atoms with E-state index in [0.29, 0.717) is 18.9 Å². The summed E-state index contributed by atoms with van der Waals surface area (Å²) in [6.45, 7) is 1.11. The molecule has 7 heteroatoms. The Morgan fingerprint density at radius 3 is 2.68 bits per heavy atom. The van der Waals surface area contributed by atoms with Crippen molar-refractivity contribution in [2.24, 2.45) is 0 Å². The number of rotatable bonds is 2. The van der Waals surface area contributed by atoms with Crippen LogP contribution in [0.4, 0.5) is 19.0 Å². The number of fused-ring (bicyclic) bond motifs is 2. The third kappa shape index (κ3) is 2.02. The highest BCUT2D eigenvalue weighted by Crippen LogP contribution is 2.35. The molecule has 0 spiro atoms. The summed E-state index contributed by atoms with van der Waals surface area (Å²) in [4.78, 5) is 18.4. The summed E-state index contributed by atoms with van der Waals surface area (Å²) in [6, 6.07) is 2.21. The Morgan fingerprint density at radius 2 is 2.11 bits per heavy atom. The van der Waals surface area contributed by atoms with E-state index in [0.717, 1.165) is 25.0 Å². The Balaban J connectivity index is 1.84. The van der Waals surface area contributed by atoms with Crippen LogP contribution in [0.1, 0.15) is 12.0 Å². The summed E-state index contributed by atoms with van der Waals surface area (Å²) in [5.74, 6) is 0.341. The van der Waals surface area contributed by atoms with Gasteiger partial charge in [-0.2, -0.15) is 13.2 Å². The summed E-state index contributed by atoms with van der Waals surface area (Å²) in [6.07, 6.45) is -1.56. The number of carbonyl (C=O) groups excluding carboxylic acids is 1. The molecule has 1 aromatic heterocycles. The Bertz CT molecular complexity index is 505. The number of carbonyl (C=O) groups is 1. The molecule has 0 aliphatic carbocycles. The molecule has 3 heterocycles. The van der Waals surface area contributed by atoms with Gasteiger partial charge in [0.15, 0.2) is 0 Å². The maximum atomic E-state index is 12.7. The SMILES string of the molecule is O=CN1CC2CC1CN2c1cc(C(F)(F)F)ccn1. The Labute approximate surface area is 107 Å². The molecule has 102 valence electrons. The number of alkyl halides is 3. The van der Waals surface area contributed by atoms with Crippen LogP contribution in [0.25, 0.3) is 0 Å². The fourth-order valence-corrected chi connectivity index (χ4v) is 2.86. The number of aromatic nitrogens is 1. The summed E-state index contributed by atoms with van der Waals surface area (Å²) in [7, 11) is 0. The second-order valence-corrected chi connectivity index (χ2v) is 4.90. The lowest BCUT2D eigenvalue weighted by molar-refractivity contribution is -0.137. The highest BCUT2D eigenvalue weighted by Gasteiger charge is 2.43. The van der Waals surface area contributed by atoms with Crippen molar-refractivity contribution < 1.29 is 18.0 Å². The van der Waals surface area contributed by atoms with Crippen LogP contribution in [-0.4, -0.2) is 41.5 Å². The molecule has 2 aliphatic heterocycles. The molecule has 4 nitrogen and oxygen atoms in total. The monoisotopic (exact) mass is 271 g/mol. The molecule has 2 saturated heterocycles. The molecular weight excluding hydrogens is 259 g/mol. The van der Waals surface area contributed by atoms with Gasteiger partial charge in [-0.15, -0.1) is 0 Å². The molecule has 2 atom stereocenters. The Morgan fingerprint density at radius 1 is 1.32 bits per heavy atom. The van der Waals surface area contributed by atoms with Crippen LogP contribution >= 0.6 is 0 Å². The average molecular weight is 271 g/mol. The molecule has 1 amide bonds. The van der Waals surface area contributed by atoms with Gasteiger partial charge in [0.05, 0.1) is 17.6 Å². The van der Waals surface area contributed by atoms with Crippen molar-refractivity contribution in [1.82, 2.24) is 9.88 Å². The van der Waals surface area contributed by atoms with E-state index in [4.69, 9.17) is 0 Å². The van der Waals surface area contributed by atoms with Gasteiger partial charge in [0.25, 0.3) is 0 Å². The lowest BCUT2D eigenvalue weighted by Gasteiger charge is -2.33. The van der Waals surface area contributed by atoms with E-state index in [9.17, 15) is 18.0 Å². The van der Waals surface area contributed by atoms with E-state index in [1.165, 1.54) is 6.20 Å². The van der Waals surface area contributed by atoms with Gasteiger partial charge in [-0.05, 0) is 18.6 Å². The number of hydrogen-bond acceptors (Lipinski definition) is 3. The lowest BCUT2D eigenvalue weighted by atomic mass is 10.2. The number of piperazine rings is 1. The van der Waals surface area contributed by atoms with E-state index in [-0.39, 0.29) is 12.1 Å². The topological polar surface area (TPSA) is 36.4 Å². The molecular formula is C12H12F3N3O. The van der Waals surface area contributed by atoms with Crippen molar-refractivity contribution in [2.75, 3.05) is 18.0 Å². The van der Waals surface area contributed by atoms with E-state index in [2.05, 4.69) is 4.98 Å². The number of hydrogen-bond donors (Lipinski definition) is 0. The van der Waals surface area contributed by atoms with Crippen LogP contribution in [-0.2, 0) is 11.0 Å². The number of pyridine rings is 1. The molecule has 2 unspecified atom stereocenters. The minimum Gasteiger partial charge on any atom is -0.350 e. The van der Waals surface area contributed by atoms with E-state index in [1.807, 2.05) is 4.90 Å². The zero-order valence-electron chi connectivity index (χ0n) is 9.97. The van der Waals surface area contributed by atoms with Crippen LogP contribution in [0.15, 0.2) is 18.3 Å². The standard InChI is InChI=1S/C12H12F3N3O/c13-12(14,15)8-1-2-16-11(3-8)18-6-9-4-10(18)5-17(9)7-19/h1-3,7,9-10H,4-6H2. The first-order valence-corrected chi connectivity index (χ1v) is 6.00. The van der Waals surface area contributed by atoms with Crippen molar-refractivity contribution in [3.05, 3.63) is 23.9 Å². The van der Waals surface area contributed by atoms with Gasteiger partial charge in [0, 0.05) is 19.3 Å². The zero-order chi connectivity index (χ0) is 13.6. The van der Waals surface area contributed by atoms with E-state index >= 15 is 0 Å². The first kappa shape index (κ1) is 12.3. The summed E-state index contributed by atoms with van der Waals surface area (Å²) >= 11 is 0. The number of likely N-dealkylation sites (tertiary alicyclic amines) is 1. The van der Waals surface area contributed by atoms with Crippen molar-refractivity contribution in [3.63, 3.8) is 0 Å². The largest absolute Gasteiger partial charge is 0.416 e. The molecule has 2 bridgehead atoms. The second-order valence-electron chi connectivity index (χ2n) is 4.90. The third-order valence-electron chi connectivity index (χ3n) is 3.79. The van der Waals surface area contributed by atoms with E-state index in [1.54, 1.807) is 4.90 Å². The van der Waals surface area contributed by atoms with Gasteiger partial charge in [-0.25, -0.2) is 4.98 Å². The van der Waals surface area contributed by atoms with Crippen LogP contribution in [0.5, 0.6) is 0 Å². The predicted octanol–water partition coefficient (Wildman–Crippen LogP) is 1.52. The smallest absolute Gasteiger partial charge is 0.350 e. The summed E-state index contributed by atoms with van der Waals surface area (Å²) < 4.78 is 38.0. The number of halogens is 3. The van der Waals surface area contributed by atoms with E-state index < -0.39 is 11.7 Å². The van der Waals surface area contributed by atoms with Gasteiger partial charge in [-0.3, -0.25) is 4.79 Å². The third-order valence-corrected chi connectivity index (χ3v) is 3.79. The minimum atomic E-state index is -4.36. The van der Waals surface area contributed by atoms with Crippen molar-refractivity contribution in [1.29, 1.82) is 0 Å². The Kier molecular flexibility index (Phi) is 2.65. The quantitative estimate of drug-likeness (QED) is 0.765. The van der Waals surface area contributed by atoms with Crippen LogP contribution < -0.4 is 4.90 Å². The van der Waals surface area contributed by atoms with Gasteiger partial charge < -0.3 is 9.80 Å². The maximum absolute atomic E-state index is 12.7. The van der Waals surface area contributed by atoms with Crippen molar-refractivity contribution in [3.8, 4) is 0 Å². The molecule has 2 fully saturated rings. The van der Waals surface area contributed by atoms with Crippen LogP contribution in [0, 0.1) is 0 Å². The summed E-state index contributed by atoms with van der Waals surface area (Å²) in [5.41, 5.74) is -0.687. The molecule has 0 N–H and O–H groups in total. The first-order chi connectivity index (χ1) is 8.99. The number of nitrogens with zero attached hydrogens (tertiary/aromatic N) is 3. The van der Waals surface area contributed by atoms with Gasteiger partial charge in [-0.1, -0.05) is 0 Å². The maximum Gasteiger partial charge on any atom is 0.416 e. The predicted molar refractivity (Wildman–Crippen MR) is 61.5 cm³/mol. The lowest BCUT2D eigenvalue weighted by Crippen LogP contribution is -2.46. The van der Waals surface area contributed by atoms with Gasteiger partial charge in [0.1, 0.15) is 5.82 Å². The minimum absolute atomic E-state index is 0.0752. The fraction of sp³-hybridized carbons (Fsp3) is 0.500. The molecule has 1 aromatic rings. The van der Waals surface area contributed by atoms with Gasteiger partial charge >= 0.3 is 6.18 Å². The first-order valence-electron chi connectivity index (χ1n) is 6.00. The highest BCUT2D eigenvalue weighted by atomic mass is 19.4.